The van der Waals surface area contributed by atoms with Crippen LogP contribution in [0, 0.1) is 5.82 Å². The molecule has 1 aromatic carbocycles. The summed E-state index contributed by atoms with van der Waals surface area (Å²) in [6.45, 7) is 1.85. The zero-order valence-electron chi connectivity index (χ0n) is 11.0. The quantitative estimate of drug-likeness (QED) is 0.872. The molecule has 2 aromatic rings. The van der Waals surface area contributed by atoms with Crippen molar-refractivity contribution < 1.29 is 18.3 Å². The Morgan fingerprint density at radius 2 is 2.15 bits per heavy atom. The van der Waals surface area contributed by atoms with Gasteiger partial charge >= 0.3 is 0 Å². The van der Waals surface area contributed by atoms with Crippen molar-refractivity contribution in [3.63, 3.8) is 0 Å². The van der Waals surface area contributed by atoms with E-state index in [0.717, 1.165) is 25.9 Å². The zero-order valence-corrected chi connectivity index (χ0v) is 11.0. The van der Waals surface area contributed by atoms with Crippen LogP contribution in [0.3, 0.4) is 0 Å². The van der Waals surface area contributed by atoms with Gasteiger partial charge in [0.2, 0.25) is 5.78 Å². The third-order valence-electron chi connectivity index (χ3n) is 3.49. The van der Waals surface area contributed by atoms with Gasteiger partial charge in [0, 0.05) is 5.39 Å². The number of halogens is 1. The average molecular weight is 277 g/mol. The lowest BCUT2D eigenvalue weighted by molar-refractivity contribution is 0.0304. The Kier molecular flexibility index (Phi) is 3.80. The Morgan fingerprint density at radius 3 is 2.95 bits per heavy atom. The molecule has 4 nitrogen and oxygen atoms in total. The van der Waals surface area contributed by atoms with Crippen LogP contribution in [0.25, 0.3) is 11.0 Å². The van der Waals surface area contributed by atoms with E-state index in [1.54, 1.807) is 6.07 Å². The van der Waals surface area contributed by atoms with Crippen molar-refractivity contribution in [2.24, 2.45) is 0 Å². The maximum absolute atomic E-state index is 13.1. The van der Waals surface area contributed by atoms with Crippen LogP contribution in [0.2, 0.25) is 0 Å². The van der Waals surface area contributed by atoms with E-state index >= 15 is 0 Å². The molecule has 1 N–H and O–H groups in total. The predicted octanol–water partition coefficient (Wildman–Crippen LogP) is 2.52. The number of fused-ring (bicyclic) bond motifs is 1. The van der Waals surface area contributed by atoms with E-state index in [2.05, 4.69) is 5.32 Å². The summed E-state index contributed by atoms with van der Waals surface area (Å²) in [6.07, 6.45) is 1.96. The number of hydrogen-bond donors (Lipinski definition) is 1. The van der Waals surface area contributed by atoms with Gasteiger partial charge in [0.25, 0.3) is 0 Å². The Balaban J connectivity index is 1.65. The highest BCUT2D eigenvalue weighted by atomic mass is 19.1. The van der Waals surface area contributed by atoms with Gasteiger partial charge in [-0.05, 0) is 50.2 Å². The van der Waals surface area contributed by atoms with Crippen LogP contribution >= 0.6 is 0 Å². The predicted molar refractivity (Wildman–Crippen MR) is 72.3 cm³/mol. The van der Waals surface area contributed by atoms with Crippen LogP contribution in [-0.4, -0.2) is 31.6 Å². The van der Waals surface area contributed by atoms with Gasteiger partial charge in [-0.1, -0.05) is 0 Å². The second-order valence-electron chi connectivity index (χ2n) is 4.98. The molecule has 3 rings (SSSR count). The number of carbonyl (C=O) groups excluding carboxylic acids is 1. The van der Waals surface area contributed by atoms with E-state index in [1.165, 1.54) is 18.2 Å². The molecule has 0 bridgehead atoms. The largest absolute Gasteiger partial charge is 0.453 e. The van der Waals surface area contributed by atoms with Crippen molar-refractivity contribution >= 4 is 16.8 Å². The third-order valence-corrected chi connectivity index (χ3v) is 3.49. The van der Waals surface area contributed by atoms with Crippen molar-refractivity contribution in [2.75, 3.05) is 19.7 Å². The minimum Gasteiger partial charge on any atom is -0.453 e. The van der Waals surface area contributed by atoms with E-state index < -0.39 is 0 Å². The van der Waals surface area contributed by atoms with Crippen LogP contribution in [-0.2, 0) is 4.74 Å². The molecule has 0 saturated carbocycles. The summed E-state index contributed by atoms with van der Waals surface area (Å²) in [6, 6.07) is 5.75. The van der Waals surface area contributed by atoms with Crippen LogP contribution in [0.1, 0.15) is 23.4 Å². The van der Waals surface area contributed by atoms with E-state index in [1.807, 2.05) is 0 Å². The summed E-state index contributed by atoms with van der Waals surface area (Å²) in [5.41, 5.74) is 0.511. The smallest absolute Gasteiger partial charge is 0.223 e. The Labute approximate surface area is 115 Å². The molecular formula is C15H16FNO3. The summed E-state index contributed by atoms with van der Waals surface area (Å²) in [7, 11) is 0. The van der Waals surface area contributed by atoms with E-state index in [0.29, 0.717) is 11.0 Å². The lowest BCUT2D eigenvalue weighted by Gasteiger charge is -2.22. The molecule has 0 atom stereocenters. The van der Waals surface area contributed by atoms with Gasteiger partial charge in [-0.2, -0.15) is 0 Å². The Hall–Kier alpha value is -1.72. The number of hydrogen-bond acceptors (Lipinski definition) is 4. The normalized spacial score (nSPS) is 16.6. The maximum atomic E-state index is 13.1. The lowest BCUT2D eigenvalue weighted by Crippen LogP contribution is -2.33. The second kappa shape index (κ2) is 5.73. The number of nitrogens with one attached hydrogen (secondary N) is 1. The van der Waals surface area contributed by atoms with Crippen molar-refractivity contribution in [1.82, 2.24) is 5.32 Å². The molecule has 20 heavy (non-hydrogen) atoms. The highest BCUT2D eigenvalue weighted by molar-refractivity contribution is 5.98. The number of rotatable bonds is 4. The summed E-state index contributed by atoms with van der Waals surface area (Å²) in [4.78, 5) is 12.0. The monoisotopic (exact) mass is 277 g/mol. The fraction of sp³-hybridized carbons (Fsp3) is 0.400. The molecule has 0 amide bonds. The summed E-state index contributed by atoms with van der Waals surface area (Å²) in [5.74, 6) is -0.331. The molecule has 106 valence electrons. The minimum absolute atomic E-state index is 0.00692. The van der Waals surface area contributed by atoms with Gasteiger partial charge in [0.1, 0.15) is 18.0 Å². The summed E-state index contributed by atoms with van der Waals surface area (Å²) in [5, 5.41) is 3.83. The number of ether oxygens (including phenoxy) is 1. The molecule has 1 aromatic heterocycles. The number of piperidine rings is 1. The first-order chi connectivity index (χ1) is 9.72. The number of Topliss-reactive ketones (excluding diaryl/α,β-unsaturated/α-hetero) is 1. The van der Waals surface area contributed by atoms with Crippen LogP contribution in [0.15, 0.2) is 28.7 Å². The van der Waals surface area contributed by atoms with E-state index in [4.69, 9.17) is 9.15 Å². The molecule has 5 heteroatoms. The van der Waals surface area contributed by atoms with Crippen molar-refractivity contribution in [3.05, 3.63) is 35.8 Å². The molecule has 2 heterocycles. The minimum atomic E-state index is -0.344. The highest BCUT2D eigenvalue weighted by Crippen LogP contribution is 2.21. The van der Waals surface area contributed by atoms with Crippen LogP contribution in [0.5, 0.6) is 0 Å². The molecule has 0 spiro atoms. The number of benzene rings is 1. The molecule has 1 aliphatic heterocycles. The fourth-order valence-electron chi connectivity index (χ4n) is 2.38. The Morgan fingerprint density at radius 1 is 1.35 bits per heavy atom. The zero-order chi connectivity index (χ0) is 13.9. The molecule has 1 fully saturated rings. The first-order valence-corrected chi connectivity index (χ1v) is 6.77. The van der Waals surface area contributed by atoms with Gasteiger partial charge in [0.05, 0.1) is 6.10 Å². The summed E-state index contributed by atoms with van der Waals surface area (Å²) >= 11 is 0. The average Bonchev–Trinajstić information content (AvgIpc) is 2.89. The molecule has 0 aliphatic carbocycles. The number of ketones is 1. The third kappa shape index (κ3) is 2.89. The van der Waals surface area contributed by atoms with E-state index in [9.17, 15) is 9.18 Å². The van der Waals surface area contributed by atoms with Gasteiger partial charge in [0.15, 0.2) is 5.76 Å². The van der Waals surface area contributed by atoms with Crippen molar-refractivity contribution in [3.8, 4) is 0 Å². The SMILES string of the molecule is O=C(COC1CCNCC1)c1cc2cc(F)ccc2o1. The van der Waals surface area contributed by atoms with Crippen molar-refractivity contribution in [1.29, 1.82) is 0 Å². The first-order valence-electron chi connectivity index (χ1n) is 6.77. The molecule has 1 aliphatic rings. The highest BCUT2D eigenvalue weighted by Gasteiger charge is 2.18. The van der Waals surface area contributed by atoms with Crippen molar-refractivity contribution in [2.45, 2.75) is 18.9 Å². The maximum Gasteiger partial charge on any atom is 0.223 e. The van der Waals surface area contributed by atoms with Crippen LogP contribution in [0.4, 0.5) is 4.39 Å². The first kappa shape index (κ1) is 13.3. The number of carbonyl (C=O) groups is 1. The van der Waals surface area contributed by atoms with E-state index in [-0.39, 0.29) is 30.1 Å². The standard InChI is InChI=1S/C15H16FNO3/c16-11-1-2-14-10(7-11)8-15(20-14)13(18)9-19-12-3-5-17-6-4-12/h1-2,7-8,12,17H,3-6,9H2. The topological polar surface area (TPSA) is 51.5 Å². The summed E-state index contributed by atoms with van der Waals surface area (Å²) < 4.78 is 24.1. The molecule has 0 radical (unpaired) electrons. The molecule has 0 unspecified atom stereocenters. The van der Waals surface area contributed by atoms with Gasteiger partial charge in [-0.3, -0.25) is 4.79 Å². The van der Waals surface area contributed by atoms with Gasteiger partial charge < -0.3 is 14.5 Å². The Bertz CT molecular complexity index is 617. The second-order valence-corrected chi connectivity index (χ2v) is 4.98. The number of furan rings is 1. The van der Waals surface area contributed by atoms with Crippen LogP contribution < -0.4 is 5.32 Å². The fourth-order valence-corrected chi connectivity index (χ4v) is 2.38. The van der Waals surface area contributed by atoms with Gasteiger partial charge in [-0.15, -0.1) is 0 Å². The lowest BCUT2D eigenvalue weighted by atomic mass is 10.1. The molecule has 1 saturated heterocycles. The van der Waals surface area contributed by atoms with Gasteiger partial charge in [-0.25, -0.2) is 4.39 Å². The molecular weight excluding hydrogens is 261 g/mol.